The highest BCUT2D eigenvalue weighted by Gasteiger charge is 2.10. The van der Waals surface area contributed by atoms with E-state index >= 15 is 0 Å². The predicted octanol–water partition coefficient (Wildman–Crippen LogP) is 0.138. The van der Waals surface area contributed by atoms with Gasteiger partial charge in [0, 0.05) is 38.8 Å². The number of nitrogens with zero attached hydrogens (tertiary/aromatic N) is 3. The Bertz CT molecular complexity index is 410. The molecule has 2 heterocycles. The van der Waals surface area contributed by atoms with E-state index in [-0.39, 0.29) is 5.56 Å². The molecule has 0 aromatic carbocycles. The number of hydrogen-bond donors (Lipinski definition) is 0. The molecule has 1 fully saturated rings. The molecule has 94 valence electrons. The van der Waals surface area contributed by atoms with Crippen LogP contribution in [0.25, 0.3) is 0 Å². The van der Waals surface area contributed by atoms with Crippen LogP contribution in [-0.4, -0.2) is 47.3 Å². The maximum atomic E-state index is 11.4. The van der Waals surface area contributed by atoms with Gasteiger partial charge in [-0.2, -0.15) is 0 Å². The Kier molecular flexibility index (Phi) is 4.28. The van der Waals surface area contributed by atoms with Crippen LogP contribution in [0.1, 0.15) is 12.6 Å². The summed E-state index contributed by atoms with van der Waals surface area (Å²) in [6.07, 6.45) is 4.17. The van der Waals surface area contributed by atoms with Crippen LogP contribution >= 0.6 is 0 Å². The van der Waals surface area contributed by atoms with Crippen molar-refractivity contribution in [3.8, 4) is 0 Å². The Balaban J connectivity index is 1.91. The lowest BCUT2D eigenvalue weighted by Gasteiger charge is -2.26. The molecular weight excluding hydrogens is 218 g/mol. The topological polar surface area (TPSA) is 47.4 Å². The van der Waals surface area contributed by atoms with E-state index in [1.165, 1.54) is 6.20 Å². The highest BCUT2D eigenvalue weighted by Crippen LogP contribution is 2.00. The van der Waals surface area contributed by atoms with E-state index in [9.17, 15) is 4.79 Å². The van der Waals surface area contributed by atoms with Crippen LogP contribution in [0.15, 0.2) is 17.2 Å². The molecule has 0 unspecified atom stereocenters. The first-order valence-electron chi connectivity index (χ1n) is 6.15. The minimum Gasteiger partial charge on any atom is -0.379 e. The van der Waals surface area contributed by atoms with Gasteiger partial charge in [0.1, 0.15) is 0 Å². The highest BCUT2D eigenvalue weighted by atomic mass is 16.5. The Morgan fingerprint density at radius 1 is 1.41 bits per heavy atom. The van der Waals surface area contributed by atoms with Gasteiger partial charge in [0.15, 0.2) is 0 Å². The van der Waals surface area contributed by atoms with Crippen molar-refractivity contribution < 1.29 is 4.74 Å². The van der Waals surface area contributed by atoms with Gasteiger partial charge in [-0.3, -0.25) is 14.7 Å². The van der Waals surface area contributed by atoms with Gasteiger partial charge in [-0.15, -0.1) is 0 Å². The molecule has 1 aliphatic heterocycles. The van der Waals surface area contributed by atoms with Crippen molar-refractivity contribution in [2.24, 2.45) is 0 Å². The lowest BCUT2D eigenvalue weighted by atomic mass is 10.3. The van der Waals surface area contributed by atoms with E-state index in [1.807, 2.05) is 13.1 Å². The summed E-state index contributed by atoms with van der Waals surface area (Å²) in [6.45, 7) is 7.28. The van der Waals surface area contributed by atoms with Crippen molar-refractivity contribution >= 4 is 0 Å². The van der Waals surface area contributed by atoms with Crippen LogP contribution in [0, 0.1) is 0 Å². The van der Waals surface area contributed by atoms with Crippen molar-refractivity contribution in [1.29, 1.82) is 0 Å². The summed E-state index contributed by atoms with van der Waals surface area (Å²) in [4.78, 5) is 17.9. The fourth-order valence-electron chi connectivity index (χ4n) is 1.96. The van der Waals surface area contributed by atoms with E-state index in [0.29, 0.717) is 6.54 Å². The fourth-order valence-corrected chi connectivity index (χ4v) is 1.96. The molecule has 0 aliphatic carbocycles. The number of rotatable bonds is 4. The van der Waals surface area contributed by atoms with E-state index < -0.39 is 0 Å². The Morgan fingerprint density at radius 3 is 2.88 bits per heavy atom. The Hall–Kier alpha value is -1.20. The summed E-state index contributed by atoms with van der Waals surface area (Å²) in [5, 5.41) is 0. The fraction of sp³-hybridized carbons (Fsp3) is 0.667. The molecule has 1 saturated heterocycles. The molecular formula is C12H19N3O2. The normalized spacial score (nSPS) is 17.2. The van der Waals surface area contributed by atoms with E-state index in [2.05, 4.69) is 9.88 Å². The molecule has 0 atom stereocenters. The number of ether oxygens (including phenoxy) is 1. The first-order chi connectivity index (χ1) is 8.29. The van der Waals surface area contributed by atoms with Gasteiger partial charge in [0.25, 0.3) is 5.56 Å². The van der Waals surface area contributed by atoms with Crippen molar-refractivity contribution in [1.82, 2.24) is 14.5 Å². The average molecular weight is 237 g/mol. The minimum absolute atomic E-state index is 0.0253. The monoisotopic (exact) mass is 237 g/mol. The first kappa shape index (κ1) is 12.3. The quantitative estimate of drug-likeness (QED) is 0.747. The molecule has 0 amide bonds. The molecule has 0 bridgehead atoms. The minimum atomic E-state index is -0.0253. The molecule has 0 radical (unpaired) electrons. The third-order valence-corrected chi connectivity index (χ3v) is 3.06. The molecule has 0 saturated carbocycles. The van der Waals surface area contributed by atoms with Crippen LogP contribution in [0.4, 0.5) is 0 Å². The predicted molar refractivity (Wildman–Crippen MR) is 65.1 cm³/mol. The zero-order valence-electron chi connectivity index (χ0n) is 10.3. The molecule has 1 aromatic heterocycles. The van der Waals surface area contributed by atoms with Gasteiger partial charge < -0.3 is 9.30 Å². The Morgan fingerprint density at radius 2 is 2.18 bits per heavy atom. The molecule has 2 rings (SSSR count). The second kappa shape index (κ2) is 5.93. The van der Waals surface area contributed by atoms with E-state index in [1.54, 1.807) is 4.57 Å². The third kappa shape index (κ3) is 3.38. The molecule has 17 heavy (non-hydrogen) atoms. The zero-order chi connectivity index (χ0) is 12.1. The summed E-state index contributed by atoms with van der Waals surface area (Å²) in [7, 11) is 0. The standard InChI is InChI=1S/C12H19N3O2/c1-2-15-10-11(13-9-12(15)16)3-4-14-5-7-17-8-6-14/h9-10H,2-8H2,1H3. The van der Waals surface area contributed by atoms with Crippen molar-refractivity contribution in [2.75, 3.05) is 32.8 Å². The Labute approximate surface area is 101 Å². The maximum absolute atomic E-state index is 11.4. The van der Waals surface area contributed by atoms with Gasteiger partial charge in [0.05, 0.1) is 25.1 Å². The number of morpholine rings is 1. The van der Waals surface area contributed by atoms with Crippen molar-refractivity contribution in [3.05, 3.63) is 28.4 Å². The smallest absolute Gasteiger partial charge is 0.268 e. The summed E-state index contributed by atoms with van der Waals surface area (Å²) < 4.78 is 7.00. The third-order valence-electron chi connectivity index (χ3n) is 3.06. The summed E-state index contributed by atoms with van der Waals surface area (Å²) >= 11 is 0. The molecule has 5 nitrogen and oxygen atoms in total. The van der Waals surface area contributed by atoms with Gasteiger partial charge in [-0.25, -0.2) is 0 Å². The van der Waals surface area contributed by atoms with Crippen LogP contribution < -0.4 is 5.56 Å². The lowest BCUT2D eigenvalue weighted by molar-refractivity contribution is 0.0383. The highest BCUT2D eigenvalue weighted by molar-refractivity contribution is 4.98. The van der Waals surface area contributed by atoms with Gasteiger partial charge in [0.2, 0.25) is 0 Å². The second-order valence-electron chi connectivity index (χ2n) is 4.21. The molecule has 1 aromatic rings. The summed E-state index contributed by atoms with van der Waals surface area (Å²) in [5.41, 5.74) is 0.959. The van der Waals surface area contributed by atoms with Crippen molar-refractivity contribution in [3.63, 3.8) is 0 Å². The first-order valence-corrected chi connectivity index (χ1v) is 6.15. The molecule has 5 heteroatoms. The lowest BCUT2D eigenvalue weighted by Crippen LogP contribution is -2.37. The summed E-state index contributed by atoms with van der Waals surface area (Å²) in [5.74, 6) is 0. The number of hydrogen-bond acceptors (Lipinski definition) is 4. The summed E-state index contributed by atoms with van der Waals surface area (Å²) in [6, 6.07) is 0. The van der Waals surface area contributed by atoms with E-state index in [4.69, 9.17) is 4.74 Å². The maximum Gasteiger partial charge on any atom is 0.268 e. The second-order valence-corrected chi connectivity index (χ2v) is 4.21. The number of aryl methyl sites for hydroxylation is 1. The van der Waals surface area contributed by atoms with Crippen LogP contribution in [-0.2, 0) is 17.7 Å². The van der Waals surface area contributed by atoms with Crippen molar-refractivity contribution in [2.45, 2.75) is 19.9 Å². The largest absolute Gasteiger partial charge is 0.379 e. The SMILES string of the molecule is CCn1cc(CCN2CCOCC2)ncc1=O. The van der Waals surface area contributed by atoms with Crippen LogP contribution in [0.5, 0.6) is 0 Å². The molecule has 1 aliphatic rings. The average Bonchev–Trinajstić information content (AvgIpc) is 2.39. The molecule has 0 spiro atoms. The molecule has 0 N–H and O–H groups in total. The van der Waals surface area contributed by atoms with Gasteiger partial charge >= 0.3 is 0 Å². The van der Waals surface area contributed by atoms with Crippen LogP contribution in [0.2, 0.25) is 0 Å². The van der Waals surface area contributed by atoms with Gasteiger partial charge in [-0.05, 0) is 6.92 Å². The number of aromatic nitrogens is 2. The van der Waals surface area contributed by atoms with E-state index in [0.717, 1.165) is 45.0 Å². The van der Waals surface area contributed by atoms with Gasteiger partial charge in [-0.1, -0.05) is 0 Å². The van der Waals surface area contributed by atoms with Crippen LogP contribution in [0.3, 0.4) is 0 Å². The zero-order valence-corrected chi connectivity index (χ0v) is 10.3.